The van der Waals surface area contributed by atoms with Crippen LogP contribution in [-0.4, -0.2) is 5.16 Å². The van der Waals surface area contributed by atoms with Crippen molar-refractivity contribution >= 4 is 37.7 Å². The van der Waals surface area contributed by atoms with Crippen LogP contribution in [-0.2, 0) is 0 Å². The minimum absolute atomic E-state index is 0.386. The number of aryl methyl sites for hydroxylation is 1. The Balaban J connectivity index is 2.24. The largest absolute Gasteiger partial charge is 0.380 e. The summed E-state index contributed by atoms with van der Waals surface area (Å²) in [6, 6.07) is 14.0. The lowest BCUT2D eigenvalue weighted by Gasteiger charge is -2.06. The maximum Gasteiger partial charge on any atom is 0.178 e. The first-order valence-corrected chi connectivity index (χ1v) is 7.92. The lowest BCUT2D eigenvalue weighted by atomic mass is 10.0. The highest BCUT2D eigenvalue weighted by molar-refractivity contribution is 9.10. The first-order chi connectivity index (χ1) is 10.1. The second-order valence-electron chi connectivity index (χ2n) is 4.77. The molecule has 1 aromatic heterocycles. The molecule has 0 amide bonds. The molecule has 106 valence electrons. The van der Waals surface area contributed by atoms with Gasteiger partial charge in [0.2, 0.25) is 0 Å². The minimum Gasteiger partial charge on any atom is -0.380 e. The van der Waals surface area contributed by atoms with Crippen LogP contribution in [0.5, 0.6) is 0 Å². The molecule has 2 N–H and O–H groups in total. The highest BCUT2D eigenvalue weighted by Crippen LogP contribution is 2.40. The Morgan fingerprint density at radius 1 is 1.10 bits per heavy atom. The highest BCUT2D eigenvalue weighted by Gasteiger charge is 2.19. The van der Waals surface area contributed by atoms with E-state index in [1.165, 1.54) is 0 Å². The summed E-state index contributed by atoms with van der Waals surface area (Å²) in [4.78, 5) is 0. The molecule has 0 aliphatic heterocycles. The van der Waals surface area contributed by atoms with Crippen molar-refractivity contribution in [1.29, 1.82) is 0 Å². The van der Waals surface area contributed by atoms with Crippen LogP contribution in [0.15, 0.2) is 55.9 Å². The number of anilines is 1. The molecule has 5 heteroatoms. The van der Waals surface area contributed by atoms with E-state index in [0.29, 0.717) is 11.6 Å². The molecular weight excluding hydrogens is 396 g/mol. The molecule has 3 rings (SSSR count). The van der Waals surface area contributed by atoms with Gasteiger partial charge in [-0.1, -0.05) is 60.8 Å². The predicted octanol–water partition coefficient (Wildman–Crippen LogP) is 5.42. The van der Waals surface area contributed by atoms with Crippen molar-refractivity contribution in [2.24, 2.45) is 0 Å². The molecule has 0 atom stereocenters. The standard InChI is InChI=1S/C16H12Br2N2O/c1-9-5-6-13(18)12(7-9)15-14(16(19)20-21-15)10-3-2-4-11(17)8-10/h2-8H,1H3,(H2,19,20). The zero-order valence-corrected chi connectivity index (χ0v) is 14.4. The molecule has 2 aromatic carbocycles. The SMILES string of the molecule is Cc1ccc(Br)c(-c2onc(N)c2-c2cccc(Br)c2)c1. The molecular formula is C16H12Br2N2O. The third-order valence-corrected chi connectivity index (χ3v) is 4.38. The van der Waals surface area contributed by atoms with Crippen molar-refractivity contribution in [2.75, 3.05) is 5.73 Å². The molecule has 3 nitrogen and oxygen atoms in total. The zero-order chi connectivity index (χ0) is 15.0. The zero-order valence-electron chi connectivity index (χ0n) is 11.2. The first-order valence-electron chi connectivity index (χ1n) is 6.34. The molecule has 0 aliphatic rings. The number of aromatic nitrogens is 1. The van der Waals surface area contributed by atoms with Crippen LogP contribution >= 0.6 is 31.9 Å². The van der Waals surface area contributed by atoms with E-state index in [1.54, 1.807) is 0 Å². The van der Waals surface area contributed by atoms with Crippen LogP contribution in [0.25, 0.3) is 22.5 Å². The van der Waals surface area contributed by atoms with Gasteiger partial charge < -0.3 is 10.3 Å². The normalized spacial score (nSPS) is 10.8. The van der Waals surface area contributed by atoms with Gasteiger partial charge in [-0.2, -0.15) is 0 Å². The van der Waals surface area contributed by atoms with Gasteiger partial charge in [-0.3, -0.25) is 0 Å². The van der Waals surface area contributed by atoms with Crippen molar-refractivity contribution in [3.8, 4) is 22.5 Å². The van der Waals surface area contributed by atoms with Gasteiger partial charge in [0.15, 0.2) is 11.6 Å². The first kappa shape index (κ1) is 14.4. The monoisotopic (exact) mass is 406 g/mol. The Morgan fingerprint density at radius 3 is 2.67 bits per heavy atom. The van der Waals surface area contributed by atoms with Crippen LogP contribution in [0.4, 0.5) is 5.82 Å². The molecule has 1 heterocycles. The van der Waals surface area contributed by atoms with Gasteiger partial charge in [-0.05, 0) is 36.8 Å². The van der Waals surface area contributed by atoms with E-state index in [2.05, 4.69) is 37.0 Å². The summed E-state index contributed by atoms with van der Waals surface area (Å²) in [6.45, 7) is 2.04. The average Bonchev–Trinajstić information content (AvgIpc) is 2.83. The summed E-state index contributed by atoms with van der Waals surface area (Å²) in [5, 5.41) is 3.94. The molecule has 0 saturated carbocycles. The number of nitrogens with two attached hydrogens (primary N) is 1. The number of nitrogen functional groups attached to an aromatic ring is 1. The van der Waals surface area contributed by atoms with Gasteiger partial charge in [0.05, 0.1) is 5.56 Å². The van der Waals surface area contributed by atoms with Crippen molar-refractivity contribution < 1.29 is 4.52 Å². The van der Waals surface area contributed by atoms with Gasteiger partial charge in [0, 0.05) is 14.5 Å². The highest BCUT2D eigenvalue weighted by atomic mass is 79.9. The van der Waals surface area contributed by atoms with Crippen LogP contribution < -0.4 is 5.73 Å². The van der Waals surface area contributed by atoms with Crippen LogP contribution in [0, 0.1) is 6.92 Å². The topological polar surface area (TPSA) is 52.0 Å². The average molecular weight is 408 g/mol. The third-order valence-electron chi connectivity index (χ3n) is 3.20. The van der Waals surface area contributed by atoms with E-state index < -0.39 is 0 Å². The Morgan fingerprint density at radius 2 is 1.90 bits per heavy atom. The minimum atomic E-state index is 0.386. The number of hydrogen-bond acceptors (Lipinski definition) is 3. The van der Waals surface area contributed by atoms with E-state index in [9.17, 15) is 0 Å². The predicted molar refractivity (Wildman–Crippen MR) is 91.9 cm³/mol. The second kappa shape index (κ2) is 5.66. The molecule has 0 saturated heterocycles. The molecule has 0 unspecified atom stereocenters. The summed E-state index contributed by atoms with van der Waals surface area (Å²) in [5.41, 5.74) is 9.87. The molecule has 0 fully saturated rings. The van der Waals surface area contributed by atoms with Crippen LogP contribution in [0.1, 0.15) is 5.56 Å². The Bertz CT molecular complexity index is 812. The third kappa shape index (κ3) is 2.76. The Hall–Kier alpha value is -1.59. The lowest BCUT2D eigenvalue weighted by Crippen LogP contribution is -1.89. The maximum absolute atomic E-state index is 6.01. The van der Waals surface area contributed by atoms with Gasteiger partial charge in [-0.25, -0.2) is 0 Å². The fraction of sp³-hybridized carbons (Fsp3) is 0.0625. The van der Waals surface area contributed by atoms with Crippen molar-refractivity contribution in [1.82, 2.24) is 5.16 Å². The quantitative estimate of drug-likeness (QED) is 0.616. The molecule has 0 radical (unpaired) electrons. The summed E-state index contributed by atoms with van der Waals surface area (Å²) in [7, 11) is 0. The second-order valence-corrected chi connectivity index (χ2v) is 6.54. The van der Waals surface area contributed by atoms with E-state index in [0.717, 1.165) is 31.2 Å². The Kier molecular flexibility index (Phi) is 3.87. The lowest BCUT2D eigenvalue weighted by molar-refractivity contribution is 0.436. The van der Waals surface area contributed by atoms with Crippen molar-refractivity contribution in [3.05, 3.63) is 57.0 Å². The number of nitrogens with zero attached hydrogens (tertiary/aromatic N) is 1. The van der Waals surface area contributed by atoms with Crippen molar-refractivity contribution in [2.45, 2.75) is 6.92 Å². The van der Waals surface area contributed by atoms with E-state index in [4.69, 9.17) is 10.3 Å². The number of halogens is 2. The van der Waals surface area contributed by atoms with E-state index >= 15 is 0 Å². The summed E-state index contributed by atoms with van der Waals surface area (Å²) < 4.78 is 7.42. The van der Waals surface area contributed by atoms with Crippen LogP contribution in [0.2, 0.25) is 0 Å². The van der Waals surface area contributed by atoms with Gasteiger partial charge in [0.1, 0.15) is 0 Å². The van der Waals surface area contributed by atoms with Gasteiger partial charge in [-0.15, -0.1) is 0 Å². The summed E-state index contributed by atoms with van der Waals surface area (Å²) in [6.07, 6.45) is 0. The fourth-order valence-corrected chi connectivity index (χ4v) is 3.05. The molecule has 0 aliphatic carbocycles. The number of benzene rings is 2. The van der Waals surface area contributed by atoms with Crippen molar-refractivity contribution in [3.63, 3.8) is 0 Å². The molecule has 21 heavy (non-hydrogen) atoms. The van der Waals surface area contributed by atoms with E-state index in [1.807, 2.05) is 49.4 Å². The molecule has 0 spiro atoms. The molecule has 0 bridgehead atoms. The summed E-state index contributed by atoms with van der Waals surface area (Å²) in [5.74, 6) is 1.05. The fourth-order valence-electron chi connectivity index (χ4n) is 2.22. The smallest absolute Gasteiger partial charge is 0.178 e. The molecule has 3 aromatic rings. The summed E-state index contributed by atoms with van der Waals surface area (Å²) >= 11 is 7.04. The maximum atomic E-state index is 6.01. The van der Waals surface area contributed by atoms with Gasteiger partial charge in [0.25, 0.3) is 0 Å². The van der Waals surface area contributed by atoms with E-state index in [-0.39, 0.29) is 0 Å². The number of hydrogen-bond donors (Lipinski definition) is 1. The number of rotatable bonds is 2. The van der Waals surface area contributed by atoms with Crippen LogP contribution in [0.3, 0.4) is 0 Å². The Labute approximate surface area is 139 Å². The van der Waals surface area contributed by atoms with Gasteiger partial charge >= 0.3 is 0 Å².